The summed E-state index contributed by atoms with van der Waals surface area (Å²) in [4.78, 5) is 0.683. The second kappa shape index (κ2) is 5.39. The normalized spacial score (nSPS) is 20.3. The molecule has 4 rings (SSSR count). The van der Waals surface area contributed by atoms with E-state index in [9.17, 15) is 8.42 Å². The van der Waals surface area contributed by atoms with Gasteiger partial charge in [-0.1, -0.05) is 11.3 Å². The van der Waals surface area contributed by atoms with Gasteiger partial charge in [-0.05, 0) is 25.0 Å². The van der Waals surface area contributed by atoms with E-state index in [1.807, 2.05) is 12.1 Å². The van der Waals surface area contributed by atoms with Gasteiger partial charge >= 0.3 is 0 Å². The van der Waals surface area contributed by atoms with Crippen LogP contribution < -0.4 is 0 Å². The van der Waals surface area contributed by atoms with Crippen molar-refractivity contribution in [3.63, 3.8) is 0 Å². The highest BCUT2D eigenvalue weighted by Crippen LogP contribution is 2.30. The van der Waals surface area contributed by atoms with Gasteiger partial charge in [-0.25, -0.2) is 12.7 Å². The Labute approximate surface area is 136 Å². The van der Waals surface area contributed by atoms with Crippen LogP contribution in [-0.4, -0.2) is 51.9 Å². The zero-order chi connectivity index (χ0) is 16.0. The van der Waals surface area contributed by atoms with E-state index >= 15 is 0 Å². The molecule has 8 nitrogen and oxygen atoms in total. The molecule has 1 atom stereocenters. The number of fused-ring (bicyclic) bond motifs is 1. The number of sulfonamides is 1. The van der Waals surface area contributed by atoms with Crippen molar-refractivity contribution >= 4 is 26.3 Å². The Balaban J connectivity index is 1.69. The van der Waals surface area contributed by atoms with Crippen molar-refractivity contribution in [2.75, 3.05) is 19.3 Å². The van der Waals surface area contributed by atoms with E-state index < -0.39 is 10.0 Å². The molecular formula is C13H15N5O3S2. The largest absolute Gasteiger partial charge is 0.462 e. The molecule has 0 amide bonds. The van der Waals surface area contributed by atoms with Crippen molar-refractivity contribution in [1.82, 2.24) is 24.1 Å². The van der Waals surface area contributed by atoms with E-state index in [1.165, 1.54) is 21.9 Å². The molecule has 1 aliphatic rings. The van der Waals surface area contributed by atoms with Crippen molar-refractivity contribution in [2.45, 2.75) is 18.8 Å². The third-order valence-electron chi connectivity index (χ3n) is 3.97. The Kier molecular flexibility index (Phi) is 3.47. The Morgan fingerprint density at radius 2 is 2.26 bits per heavy atom. The van der Waals surface area contributed by atoms with Crippen molar-refractivity contribution in [2.24, 2.45) is 0 Å². The van der Waals surface area contributed by atoms with Crippen molar-refractivity contribution < 1.29 is 12.8 Å². The first-order chi connectivity index (χ1) is 11.0. The summed E-state index contributed by atoms with van der Waals surface area (Å²) in [5.74, 6) is 1.40. The van der Waals surface area contributed by atoms with Crippen molar-refractivity contribution in [3.8, 4) is 10.8 Å². The van der Waals surface area contributed by atoms with Gasteiger partial charge in [0.25, 0.3) is 0 Å². The van der Waals surface area contributed by atoms with E-state index in [0.29, 0.717) is 29.6 Å². The summed E-state index contributed by atoms with van der Waals surface area (Å²) < 4.78 is 32.1. The maximum absolute atomic E-state index is 11.8. The predicted octanol–water partition coefficient (Wildman–Crippen LogP) is 1.58. The maximum atomic E-state index is 11.8. The number of hydrogen-bond acceptors (Lipinski definition) is 7. The van der Waals surface area contributed by atoms with Crippen LogP contribution in [0.15, 0.2) is 22.8 Å². The first-order valence-corrected chi connectivity index (χ1v) is 9.90. The first-order valence-electron chi connectivity index (χ1n) is 7.23. The second-order valence-electron chi connectivity index (χ2n) is 5.60. The number of aromatic nitrogens is 4. The van der Waals surface area contributed by atoms with Crippen LogP contribution in [0.25, 0.3) is 15.7 Å². The molecular weight excluding hydrogens is 338 g/mol. The molecule has 23 heavy (non-hydrogen) atoms. The lowest BCUT2D eigenvalue weighted by atomic mass is 9.99. The number of rotatable bonds is 3. The summed E-state index contributed by atoms with van der Waals surface area (Å²) in [6.45, 7) is 0.985. The molecule has 3 aromatic rings. The smallest absolute Gasteiger partial charge is 0.235 e. The molecule has 1 unspecified atom stereocenters. The number of nitrogens with zero attached hydrogens (tertiary/aromatic N) is 5. The average molecular weight is 353 g/mol. The van der Waals surface area contributed by atoms with Gasteiger partial charge in [-0.3, -0.25) is 0 Å². The van der Waals surface area contributed by atoms with Crippen LogP contribution in [0.4, 0.5) is 0 Å². The van der Waals surface area contributed by atoms with Crippen molar-refractivity contribution in [3.05, 3.63) is 24.2 Å². The highest BCUT2D eigenvalue weighted by Gasteiger charge is 2.30. The Bertz CT molecular complexity index is 928. The topological polar surface area (TPSA) is 93.6 Å². The van der Waals surface area contributed by atoms with Gasteiger partial charge in [0.15, 0.2) is 16.6 Å². The summed E-state index contributed by atoms with van der Waals surface area (Å²) in [5, 5.41) is 13.7. The average Bonchev–Trinajstić information content (AvgIpc) is 3.22. The Morgan fingerprint density at radius 1 is 1.39 bits per heavy atom. The third kappa shape index (κ3) is 2.66. The molecule has 10 heteroatoms. The van der Waals surface area contributed by atoms with Crippen LogP contribution >= 0.6 is 11.3 Å². The minimum absolute atomic E-state index is 0.0000241. The van der Waals surface area contributed by atoms with Gasteiger partial charge < -0.3 is 4.42 Å². The minimum Gasteiger partial charge on any atom is -0.462 e. The van der Waals surface area contributed by atoms with Crippen LogP contribution in [0, 0.1) is 0 Å². The lowest BCUT2D eigenvalue weighted by molar-refractivity contribution is 0.309. The number of piperidine rings is 1. The van der Waals surface area contributed by atoms with Gasteiger partial charge in [0, 0.05) is 19.0 Å². The lowest BCUT2D eigenvalue weighted by Gasteiger charge is -2.29. The fourth-order valence-electron chi connectivity index (χ4n) is 2.84. The van der Waals surface area contributed by atoms with Crippen LogP contribution in [0.3, 0.4) is 0 Å². The number of hydrogen-bond donors (Lipinski definition) is 0. The molecule has 0 N–H and O–H groups in total. The standard InChI is InChI=1S/C13H15N5O3S2/c1-23(19,20)17-6-2-4-9(8-17)11-14-15-13-18(11)16-12(22-13)10-5-3-7-21-10/h3,5,7,9H,2,4,6,8H2,1H3. The second-order valence-corrected chi connectivity index (χ2v) is 8.54. The summed E-state index contributed by atoms with van der Waals surface area (Å²) in [5.41, 5.74) is 0. The quantitative estimate of drug-likeness (QED) is 0.710. The van der Waals surface area contributed by atoms with Gasteiger partial charge in [-0.2, -0.15) is 4.52 Å². The van der Waals surface area contributed by atoms with Crippen LogP contribution in [0.5, 0.6) is 0 Å². The van der Waals surface area contributed by atoms with Gasteiger partial charge in [-0.15, -0.1) is 15.3 Å². The van der Waals surface area contributed by atoms with E-state index in [-0.39, 0.29) is 5.92 Å². The Morgan fingerprint density at radius 3 is 3.00 bits per heavy atom. The van der Waals surface area contributed by atoms with E-state index in [1.54, 1.807) is 10.8 Å². The van der Waals surface area contributed by atoms with Crippen LogP contribution in [0.1, 0.15) is 24.6 Å². The molecule has 1 aliphatic heterocycles. The summed E-state index contributed by atoms with van der Waals surface area (Å²) in [6.07, 6.45) is 4.53. The van der Waals surface area contributed by atoms with E-state index in [0.717, 1.165) is 17.8 Å². The molecule has 1 saturated heterocycles. The van der Waals surface area contributed by atoms with Crippen LogP contribution in [0.2, 0.25) is 0 Å². The summed E-state index contributed by atoms with van der Waals surface area (Å²) in [6, 6.07) is 3.65. The molecule has 0 bridgehead atoms. The zero-order valence-electron chi connectivity index (χ0n) is 12.4. The molecule has 0 aliphatic carbocycles. The highest BCUT2D eigenvalue weighted by atomic mass is 32.2. The van der Waals surface area contributed by atoms with Gasteiger partial charge in [0.1, 0.15) is 0 Å². The Hall–Kier alpha value is -1.78. The summed E-state index contributed by atoms with van der Waals surface area (Å²) in [7, 11) is -3.19. The first kappa shape index (κ1) is 14.8. The molecule has 4 heterocycles. The number of furan rings is 1. The molecule has 0 radical (unpaired) electrons. The lowest BCUT2D eigenvalue weighted by Crippen LogP contribution is -2.38. The maximum Gasteiger partial charge on any atom is 0.235 e. The third-order valence-corrected chi connectivity index (χ3v) is 6.15. The monoisotopic (exact) mass is 353 g/mol. The van der Waals surface area contributed by atoms with Gasteiger partial charge in [0.05, 0.1) is 12.5 Å². The fourth-order valence-corrected chi connectivity index (χ4v) is 4.57. The van der Waals surface area contributed by atoms with Crippen LogP contribution in [-0.2, 0) is 10.0 Å². The molecule has 0 saturated carbocycles. The van der Waals surface area contributed by atoms with E-state index in [4.69, 9.17) is 4.42 Å². The van der Waals surface area contributed by atoms with Crippen molar-refractivity contribution in [1.29, 1.82) is 0 Å². The molecule has 3 aromatic heterocycles. The fraction of sp³-hybridized carbons (Fsp3) is 0.462. The highest BCUT2D eigenvalue weighted by molar-refractivity contribution is 7.88. The SMILES string of the molecule is CS(=O)(=O)N1CCCC(c2nnc3sc(-c4ccco4)nn23)C1. The molecule has 0 spiro atoms. The van der Waals surface area contributed by atoms with E-state index in [2.05, 4.69) is 15.3 Å². The molecule has 0 aromatic carbocycles. The minimum atomic E-state index is -3.19. The zero-order valence-corrected chi connectivity index (χ0v) is 14.0. The predicted molar refractivity (Wildman–Crippen MR) is 84.8 cm³/mol. The molecule has 1 fully saturated rings. The van der Waals surface area contributed by atoms with Gasteiger partial charge in [0.2, 0.25) is 15.0 Å². The summed E-state index contributed by atoms with van der Waals surface area (Å²) >= 11 is 1.40. The molecule has 122 valence electrons.